The number of phenolic OH excluding ortho intramolecular Hbond substituents is 1. The number of amides is 1. The Morgan fingerprint density at radius 2 is 1.68 bits per heavy atom. The molecule has 0 radical (unpaired) electrons. The molecule has 0 heterocycles. The van der Waals surface area contributed by atoms with Gasteiger partial charge >= 0.3 is 0 Å². The van der Waals surface area contributed by atoms with Crippen molar-refractivity contribution in [3.8, 4) is 5.75 Å². The van der Waals surface area contributed by atoms with Crippen molar-refractivity contribution < 1.29 is 9.90 Å². The van der Waals surface area contributed by atoms with E-state index in [1.165, 1.54) is 0 Å². The number of nitrogens with zero attached hydrogens (tertiary/aromatic N) is 1. The van der Waals surface area contributed by atoms with E-state index in [4.69, 9.17) is 0 Å². The maximum Gasteiger partial charge on any atom is 0.253 e. The molecule has 0 aliphatic carbocycles. The number of carbonyl (C=O) groups is 1. The normalized spacial score (nSPS) is 10.2. The van der Waals surface area contributed by atoms with Gasteiger partial charge in [-0.1, -0.05) is 28.1 Å². The molecule has 2 rings (SSSR count). The Bertz CT molecular complexity index is 564. The molecule has 2 aromatic rings. The van der Waals surface area contributed by atoms with E-state index in [1.54, 1.807) is 48.3 Å². The lowest BCUT2D eigenvalue weighted by Crippen LogP contribution is -2.26. The molecule has 0 unspecified atom stereocenters. The fraction of sp³-hybridized carbons (Fsp3) is 0.133. The second-order valence-corrected chi connectivity index (χ2v) is 5.25. The van der Waals surface area contributed by atoms with Gasteiger partial charge in [-0.15, -0.1) is 0 Å². The van der Waals surface area contributed by atoms with Gasteiger partial charge in [-0.05, 0) is 42.0 Å². The Labute approximate surface area is 120 Å². The lowest BCUT2D eigenvalue weighted by atomic mass is 10.1. The van der Waals surface area contributed by atoms with Gasteiger partial charge in [-0.3, -0.25) is 4.79 Å². The molecule has 2 aromatic carbocycles. The number of rotatable bonds is 3. The number of halogens is 1. The molecule has 0 saturated heterocycles. The van der Waals surface area contributed by atoms with Crippen LogP contribution in [0.15, 0.2) is 53.0 Å². The first kappa shape index (κ1) is 13.6. The zero-order chi connectivity index (χ0) is 13.8. The SMILES string of the molecule is CN(Cc1ccc(O)cc1)C(=O)c1ccc(Br)cc1. The summed E-state index contributed by atoms with van der Waals surface area (Å²) in [5.41, 5.74) is 1.63. The molecule has 0 aromatic heterocycles. The quantitative estimate of drug-likeness (QED) is 0.941. The summed E-state index contributed by atoms with van der Waals surface area (Å²) < 4.78 is 0.949. The van der Waals surface area contributed by atoms with Crippen LogP contribution in [0.2, 0.25) is 0 Å². The predicted molar refractivity (Wildman–Crippen MR) is 78.0 cm³/mol. The van der Waals surface area contributed by atoms with Crippen LogP contribution in [0.5, 0.6) is 5.75 Å². The standard InChI is InChI=1S/C15H14BrNO2/c1-17(10-11-2-8-14(18)9-3-11)15(19)12-4-6-13(16)7-5-12/h2-9,18H,10H2,1H3. The third-order valence-corrected chi connectivity index (χ3v) is 3.32. The molecule has 19 heavy (non-hydrogen) atoms. The first-order valence-electron chi connectivity index (χ1n) is 5.85. The molecule has 0 saturated carbocycles. The van der Waals surface area contributed by atoms with Crippen LogP contribution in [0, 0.1) is 0 Å². The Kier molecular flexibility index (Phi) is 4.22. The average Bonchev–Trinajstić information content (AvgIpc) is 2.41. The van der Waals surface area contributed by atoms with Crippen LogP contribution in [0.3, 0.4) is 0 Å². The van der Waals surface area contributed by atoms with Crippen LogP contribution in [0.1, 0.15) is 15.9 Å². The summed E-state index contributed by atoms with van der Waals surface area (Å²) in [6.07, 6.45) is 0. The molecule has 1 amide bonds. The third kappa shape index (κ3) is 3.58. The smallest absolute Gasteiger partial charge is 0.253 e. The van der Waals surface area contributed by atoms with Crippen molar-refractivity contribution in [3.63, 3.8) is 0 Å². The van der Waals surface area contributed by atoms with Crippen LogP contribution in [0.25, 0.3) is 0 Å². The van der Waals surface area contributed by atoms with Gasteiger partial charge in [0, 0.05) is 23.6 Å². The van der Waals surface area contributed by atoms with Gasteiger partial charge in [0.25, 0.3) is 5.91 Å². The molecule has 0 aliphatic heterocycles. The Morgan fingerprint density at radius 3 is 2.26 bits per heavy atom. The second kappa shape index (κ2) is 5.89. The number of phenols is 1. The van der Waals surface area contributed by atoms with E-state index in [-0.39, 0.29) is 11.7 Å². The lowest BCUT2D eigenvalue weighted by Gasteiger charge is -2.17. The molecule has 4 heteroatoms. The average molecular weight is 320 g/mol. The fourth-order valence-corrected chi connectivity index (χ4v) is 2.02. The first-order valence-corrected chi connectivity index (χ1v) is 6.64. The van der Waals surface area contributed by atoms with Crippen molar-refractivity contribution >= 4 is 21.8 Å². The fourth-order valence-electron chi connectivity index (χ4n) is 1.76. The molecule has 0 aliphatic rings. The number of hydrogen-bond acceptors (Lipinski definition) is 2. The highest BCUT2D eigenvalue weighted by Crippen LogP contribution is 2.14. The number of carbonyl (C=O) groups excluding carboxylic acids is 1. The van der Waals surface area contributed by atoms with Crippen molar-refractivity contribution in [2.75, 3.05) is 7.05 Å². The zero-order valence-electron chi connectivity index (χ0n) is 10.5. The van der Waals surface area contributed by atoms with E-state index in [0.717, 1.165) is 10.0 Å². The molecule has 0 atom stereocenters. The molecular weight excluding hydrogens is 306 g/mol. The van der Waals surface area contributed by atoms with E-state index in [9.17, 15) is 9.90 Å². The molecule has 0 bridgehead atoms. The van der Waals surface area contributed by atoms with Crippen LogP contribution in [-0.2, 0) is 6.54 Å². The van der Waals surface area contributed by atoms with Crippen LogP contribution in [0.4, 0.5) is 0 Å². The van der Waals surface area contributed by atoms with Crippen molar-refractivity contribution in [1.29, 1.82) is 0 Å². The monoisotopic (exact) mass is 319 g/mol. The summed E-state index contributed by atoms with van der Waals surface area (Å²) in [7, 11) is 1.76. The van der Waals surface area contributed by atoms with Crippen molar-refractivity contribution in [3.05, 3.63) is 64.1 Å². The molecular formula is C15H14BrNO2. The maximum absolute atomic E-state index is 12.2. The maximum atomic E-state index is 12.2. The Morgan fingerprint density at radius 1 is 1.11 bits per heavy atom. The van der Waals surface area contributed by atoms with E-state index >= 15 is 0 Å². The second-order valence-electron chi connectivity index (χ2n) is 4.33. The minimum Gasteiger partial charge on any atom is -0.508 e. The van der Waals surface area contributed by atoms with Crippen molar-refractivity contribution in [1.82, 2.24) is 4.90 Å². The molecule has 98 valence electrons. The Balaban J connectivity index is 2.07. The summed E-state index contributed by atoms with van der Waals surface area (Å²) in [4.78, 5) is 13.8. The molecule has 1 N–H and O–H groups in total. The zero-order valence-corrected chi connectivity index (χ0v) is 12.1. The van der Waals surface area contributed by atoms with E-state index in [1.807, 2.05) is 12.1 Å². The highest BCUT2D eigenvalue weighted by atomic mass is 79.9. The Hall–Kier alpha value is -1.81. The van der Waals surface area contributed by atoms with E-state index < -0.39 is 0 Å². The highest BCUT2D eigenvalue weighted by molar-refractivity contribution is 9.10. The van der Waals surface area contributed by atoms with Crippen LogP contribution in [-0.4, -0.2) is 23.0 Å². The van der Waals surface area contributed by atoms with Gasteiger partial charge < -0.3 is 10.0 Å². The minimum absolute atomic E-state index is 0.0272. The number of aromatic hydroxyl groups is 1. The van der Waals surface area contributed by atoms with Gasteiger partial charge in [-0.25, -0.2) is 0 Å². The topological polar surface area (TPSA) is 40.5 Å². The van der Waals surface area contributed by atoms with Gasteiger partial charge in [0.05, 0.1) is 0 Å². The largest absolute Gasteiger partial charge is 0.508 e. The van der Waals surface area contributed by atoms with Crippen LogP contribution < -0.4 is 0 Å². The van der Waals surface area contributed by atoms with Gasteiger partial charge in [-0.2, -0.15) is 0 Å². The van der Waals surface area contributed by atoms with Crippen molar-refractivity contribution in [2.45, 2.75) is 6.54 Å². The summed E-state index contributed by atoms with van der Waals surface area (Å²) in [6.45, 7) is 0.509. The van der Waals surface area contributed by atoms with Gasteiger partial charge in [0.15, 0.2) is 0 Å². The predicted octanol–water partition coefficient (Wildman–Crippen LogP) is 3.43. The minimum atomic E-state index is -0.0272. The first-order chi connectivity index (χ1) is 9.06. The van der Waals surface area contributed by atoms with E-state index in [2.05, 4.69) is 15.9 Å². The van der Waals surface area contributed by atoms with Crippen molar-refractivity contribution in [2.24, 2.45) is 0 Å². The summed E-state index contributed by atoms with van der Waals surface area (Å²) in [5, 5.41) is 9.22. The lowest BCUT2D eigenvalue weighted by molar-refractivity contribution is 0.0785. The summed E-state index contributed by atoms with van der Waals surface area (Å²) in [6, 6.07) is 14.1. The third-order valence-electron chi connectivity index (χ3n) is 2.79. The summed E-state index contributed by atoms with van der Waals surface area (Å²) in [5.74, 6) is 0.200. The number of hydrogen-bond donors (Lipinski definition) is 1. The van der Waals surface area contributed by atoms with Gasteiger partial charge in [0.1, 0.15) is 5.75 Å². The molecule has 0 spiro atoms. The summed E-state index contributed by atoms with van der Waals surface area (Å²) >= 11 is 3.34. The highest BCUT2D eigenvalue weighted by Gasteiger charge is 2.11. The van der Waals surface area contributed by atoms with E-state index in [0.29, 0.717) is 12.1 Å². The molecule has 0 fully saturated rings. The van der Waals surface area contributed by atoms with Crippen LogP contribution >= 0.6 is 15.9 Å². The van der Waals surface area contributed by atoms with Gasteiger partial charge in [0.2, 0.25) is 0 Å². The molecule has 3 nitrogen and oxygen atoms in total. The number of benzene rings is 2.